The van der Waals surface area contributed by atoms with E-state index < -0.39 is 6.04 Å². The number of carbonyl (C=O) groups excluding carboxylic acids is 2. The van der Waals surface area contributed by atoms with Gasteiger partial charge in [-0.05, 0) is 30.2 Å². The molecule has 2 aromatic carbocycles. The van der Waals surface area contributed by atoms with Gasteiger partial charge in [-0.2, -0.15) is 0 Å². The first kappa shape index (κ1) is 20.4. The highest BCUT2D eigenvalue weighted by Crippen LogP contribution is 2.25. The highest BCUT2D eigenvalue weighted by atomic mass is 16.5. The number of anilines is 1. The smallest absolute Gasteiger partial charge is 0.329 e. The van der Waals surface area contributed by atoms with Gasteiger partial charge in [-0.15, -0.1) is 0 Å². The summed E-state index contributed by atoms with van der Waals surface area (Å²) in [5.41, 5.74) is 3.45. The maximum Gasteiger partial charge on any atom is 0.329 e. The molecule has 2 aromatic rings. The fourth-order valence-electron chi connectivity index (χ4n) is 4.32. The Bertz CT molecular complexity index is 878. The van der Waals surface area contributed by atoms with Crippen molar-refractivity contribution in [1.29, 1.82) is 0 Å². The lowest BCUT2D eigenvalue weighted by Gasteiger charge is -2.39. The van der Waals surface area contributed by atoms with Crippen LogP contribution in [0.1, 0.15) is 18.1 Å². The van der Waals surface area contributed by atoms with Gasteiger partial charge in [-0.1, -0.05) is 42.5 Å². The summed E-state index contributed by atoms with van der Waals surface area (Å²) in [7, 11) is 0. The number of para-hydroxylation sites is 1. The maximum atomic E-state index is 13.2. The van der Waals surface area contributed by atoms with E-state index in [1.54, 1.807) is 11.8 Å². The second kappa shape index (κ2) is 9.30. The number of ether oxygens (including phenoxy) is 1. The van der Waals surface area contributed by atoms with Gasteiger partial charge in [-0.3, -0.25) is 9.69 Å². The van der Waals surface area contributed by atoms with Crippen LogP contribution in [0, 0.1) is 0 Å². The number of rotatable bonds is 5. The topological polar surface area (TPSA) is 53.1 Å². The van der Waals surface area contributed by atoms with Crippen molar-refractivity contribution in [2.24, 2.45) is 0 Å². The Hall–Kier alpha value is -2.86. The molecule has 1 unspecified atom stereocenters. The summed E-state index contributed by atoms with van der Waals surface area (Å²) in [6.07, 6.45) is 0.516. The first-order chi connectivity index (χ1) is 14.7. The quantitative estimate of drug-likeness (QED) is 0.712. The average Bonchev–Trinajstić information content (AvgIpc) is 2.79. The summed E-state index contributed by atoms with van der Waals surface area (Å²) >= 11 is 0. The minimum Gasteiger partial charge on any atom is -0.464 e. The predicted molar refractivity (Wildman–Crippen MR) is 116 cm³/mol. The SMILES string of the molecule is CCOC(=O)C1Cc2ccccc2CN1C(=O)CN1CCN(c2ccccc2)CC1. The second-order valence-electron chi connectivity index (χ2n) is 7.86. The van der Waals surface area contributed by atoms with Crippen LogP contribution >= 0.6 is 0 Å². The molecule has 2 heterocycles. The van der Waals surface area contributed by atoms with Crippen LogP contribution in [0.25, 0.3) is 0 Å². The average molecular weight is 408 g/mol. The Kier molecular flexibility index (Phi) is 6.33. The summed E-state index contributed by atoms with van der Waals surface area (Å²) in [6, 6.07) is 17.9. The van der Waals surface area contributed by atoms with Crippen molar-refractivity contribution in [3.05, 3.63) is 65.7 Å². The summed E-state index contributed by atoms with van der Waals surface area (Å²) in [5.74, 6) is -0.315. The van der Waals surface area contributed by atoms with Crippen molar-refractivity contribution >= 4 is 17.6 Å². The highest BCUT2D eigenvalue weighted by molar-refractivity contribution is 5.86. The summed E-state index contributed by atoms with van der Waals surface area (Å²) in [4.78, 5) is 32.0. The molecule has 0 N–H and O–H groups in total. The molecule has 30 heavy (non-hydrogen) atoms. The van der Waals surface area contributed by atoms with Gasteiger partial charge in [0.15, 0.2) is 0 Å². The van der Waals surface area contributed by atoms with E-state index in [0.717, 1.165) is 37.3 Å². The molecule has 1 amide bonds. The van der Waals surface area contributed by atoms with Crippen molar-refractivity contribution in [2.75, 3.05) is 44.2 Å². The Labute approximate surface area is 178 Å². The van der Waals surface area contributed by atoms with Gasteiger partial charge in [0.05, 0.1) is 13.2 Å². The number of fused-ring (bicyclic) bond motifs is 1. The van der Waals surface area contributed by atoms with Crippen LogP contribution in [0.4, 0.5) is 5.69 Å². The van der Waals surface area contributed by atoms with E-state index in [1.807, 2.05) is 30.3 Å². The molecule has 2 aliphatic rings. The fourth-order valence-corrected chi connectivity index (χ4v) is 4.32. The zero-order chi connectivity index (χ0) is 20.9. The van der Waals surface area contributed by atoms with Crippen LogP contribution in [-0.2, 0) is 27.3 Å². The molecule has 0 aliphatic carbocycles. The van der Waals surface area contributed by atoms with Crippen molar-refractivity contribution in [1.82, 2.24) is 9.80 Å². The van der Waals surface area contributed by atoms with Crippen molar-refractivity contribution in [3.8, 4) is 0 Å². The molecule has 1 fully saturated rings. The Balaban J connectivity index is 1.40. The van der Waals surface area contributed by atoms with Crippen LogP contribution in [-0.4, -0.2) is 67.0 Å². The molecule has 0 aromatic heterocycles. The second-order valence-corrected chi connectivity index (χ2v) is 7.86. The summed E-state index contributed by atoms with van der Waals surface area (Å²) in [6.45, 7) is 6.35. The number of benzene rings is 2. The lowest BCUT2D eigenvalue weighted by atomic mass is 9.94. The van der Waals surface area contributed by atoms with Gasteiger partial charge >= 0.3 is 5.97 Å². The van der Waals surface area contributed by atoms with Crippen molar-refractivity contribution in [2.45, 2.75) is 25.9 Å². The number of carbonyl (C=O) groups is 2. The van der Waals surface area contributed by atoms with Gasteiger partial charge in [0.1, 0.15) is 6.04 Å². The van der Waals surface area contributed by atoms with Crippen LogP contribution < -0.4 is 4.90 Å². The van der Waals surface area contributed by atoms with Gasteiger partial charge in [-0.25, -0.2) is 4.79 Å². The van der Waals surface area contributed by atoms with Crippen LogP contribution in [0.15, 0.2) is 54.6 Å². The first-order valence-electron chi connectivity index (χ1n) is 10.7. The highest BCUT2D eigenvalue weighted by Gasteiger charge is 2.36. The first-order valence-corrected chi connectivity index (χ1v) is 10.7. The van der Waals surface area contributed by atoms with E-state index in [-0.39, 0.29) is 11.9 Å². The van der Waals surface area contributed by atoms with Crippen LogP contribution in [0.5, 0.6) is 0 Å². The molecular formula is C24H29N3O3. The maximum absolute atomic E-state index is 13.2. The molecule has 0 radical (unpaired) electrons. The zero-order valence-corrected chi connectivity index (χ0v) is 17.5. The number of nitrogens with zero attached hydrogens (tertiary/aromatic N) is 3. The third-order valence-corrected chi connectivity index (χ3v) is 5.98. The number of piperazine rings is 1. The van der Waals surface area contributed by atoms with E-state index in [0.29, 0.717) is 26.1 Å². The van der Waals surface area contributed by atoms with Gasteiger partial charge in [0.2, 0.25) is 5.91 Å². The van der Waals surface area contributed by atoms with E-state index in [4.69, 9.17) is 4.74 Å². The molecule has 0 spiro atoms. The normalized spacial score (nSPS) is 19.3. The van der Waals surface area contributed by atoms with Gasteiger partial charge in [0.25, 0.3) is 0 Å². The number of hydrogen-bond donors (Lipinski definition) is 0. The molecule has 0 bridgehead atoms. The van der Waals surface area contributed by atoms with E-state index in [1.165, 1.54) is 5.69 Å². The minimum absolute atomic E-state index is 0.00397. The molecule has 6 nitrogen and oxygen atoms in total. The Morgan fingerprint density at radius 2 is 1.60 bits per heavy atom. The number of esters is 1. The van der Waals surface area contributed by atoms with Crippen LogP contribution in [0.3, 0.4) is 0 Å². The Morgan fingerprint density at radius 1 is 0.933 bits per heavy atom. The van der Waals surface area contributed by atoms with Gasteiger partial charge < -0.3 is 14.5 Å². The fraction of sp³-hybridized carbons (Fsp3) is 0.417. The summed E-state index contributed by atoms with van der Waals surface area (Å²) in [5, 5.41) is 0. The summed E-state index contributed by atoms with van der Waals surface area (Å²) < 4.78 is 5.28. The molecule has 0 saturated carbocycles. The van der Waals surface area contributed by atoms with E-state index in [2.05, 4.69) is 34.1 Å². The molecule has 4 rings (SSSR count). The van der Waals surface area contributed by atoms with Crippen molar-refractivity contribution < 1.29 is 14.3 Å². The Morgan fingerprint density at radius 3 is 2.30 bits per heavy atom. The van der Waals surface area contributed by atoms with Gasteiger partial charge in [0, 0.05) is 44.8 Å². The molecular weight excluding hydrogens is 378 g/mol. The van der Waals surface area contributed by atoms with E-state index >= 15 is 0 Å². The molecule has 6 heteroatoms. The largest absolute Gasteiger partial charge is 0.464 e. The molecule has 158 valence electrons. The number of hydrogen-bond acceptors (Lipinski definition) is 5. The zero-order valence-electron chi connectivity index (χ0n) is 17.5. The molecule has 2 aliphatic heterocycles. The molecule has 1 atom stereocenters. The third kappa shape index (κ3) is 4.49. The van der Waals surface area contributed by atoms with E-state index in [9.17, 15) is 9.59 Å². The third-order valence-electron chi connectivity index (χ3n) is 5.98. The lowest BCUT2D eigenvalue weighted by Crippen LogP contribution is -2.54. The minimum atomic E-state index is -0.544. The molecule has 1 saturated heterocycles. The standard InChI is InChI=1S/C24H29N3O3/c1-2-30-24(29)22-16-19-8-6-7-9-20(19)17-27(22)23(28)18-25-12-14-26(15-13-25)21-10-4-3-5-11-21/h3-11,22H,2,12-18H2,1H3. The van der Waals surface area contributed by atoms with Crippen molar-refractivity contribution in [3.63, 3.8) is 0 Å². The number of amides is 1. The lowest BCUT2D eigenvalue weighted by molar-refractivity contribution is -0.156. The van der Waals surface area contributed by atoms with Crippen LogP contribution in [0.2, 0.25) is 0 Å². The monoisotopic (exact) mass is 407 g/mol. The predicted octanol–water partition coefficient (Wildman–Crippen LogP) is 2.33.